The van der Waals surface area contributed by atoms with Gasteiger partial charge in [0.25, 0.3) is 5.79 Å². The third kappa shape index (κ3) is 2.27. The van der Waals surface area contributed by atoms with Gasteiger partial charge < -0.3 is 19.5 Å². The van der Waals surface area contributed by atoms with E-state index in [0.717, 1.165) is 6.54 Å². The molecule has 1 N–H and O–H groups in total. The average molecular weight is 240 g/mol. The van der Waals surface area contributed by atoms with Crippen LogP contribution in [0.25, 0.3) is 0 Å². The smallest absolute Gasteiger partial charge is 0.258 e. The normalized spacial score (nSPS) is 21.4. The van der Waals surface area contributed by atoms with E-state index in [-0.39, 0.29) is 6.10 Å². The topological polar surface area (TPSA) is 78.4 Å². The van der Waals surface area contributed by atoms with Crippen LogP contribution < -0.4 is 5.32 Å². The van der Waals surface area contributed by atoms with Gasteiger partial charge in [0.15, 0.2) is 5.82 Å². The lowest BCUT2D eigenvalue weighted by atomic mass is 10.1. The van der Waals surface area contributed by atoms with E-state index in [2.05, 4.69) is 20.3 Å². The Morgan fingerprint density at radius 1 is 1.35 bits per heavy atom. The quantitative estimate of drug-likeness (QED) is 0.697. The molecule has 0 bridgehead atoms. The highest BCUT2D eigenvalue weighted by atomic mass is 16.7. The fraction of sp³-hybridized carbons (Fsp3) is 0.700. The number of hydrogen-bond acceptors (Lipinski definition) is 7. The molecule has 2 rings (SSSR count). The first-order valence-electron chi connectivity index (χ1n) is 5.38. The predicted octanol–water partition coefficient (Wildman–Crippen LogP) is -0.694. The molecule has 1 aromatic rings. The number of nitrogens with one attached hydrogen (secondary N) is 1. The Labute approximate surface area is 99.5 Å². The molecule has 1 aromatic heterocycles. The van der Waals surface area contributed by atoms with Gasteiger partial charge in [-0.2, -0.15) is 0 Å². The first-order valence-corrected chi connectivity index (χ1v) is 5.38. The summed E-state index contributed by atoms with van der Waals surface area (Å²) in [5.41, 5.74) is 0. The summed E-state index contributed by atoms with van der Waals surface area (Å²) in [6, 6.07) is 0. The number of morpholine rings is 1. The number of aromatic nitrogens is 3. The van der Waals surface area contributed by atoms with Crippen LogP contribution in [-0.2, 0) is 20.0 Å². The van der Waals surface area contributed by atoms with Crippen LogP contribution in [0.3, 0.4) is 0 Å². The van der Waals surface area contributed by atoms with E-state index < -0.39 is 5.79 Å². The van der Waals surface area contributed by atoms with Crippen molar-refractivity contribution >= 4 is 0 Å². The fourth-order valence-electron chi connectivity index (χ4n) is 1.90. The second-order valence-corrected chi connectivity index (χ2v) is 3.60. The molecule has 0 amide bonds. The molecule has 17 heavy (non-hydrogen) atoms. The van der Waals surface area contributed by atoms with Crippen molar-refractivity contribution in [3.05, 3.63) is 18.5 Å². The Balaban J connectivity index is 2.30. The van der Waals surface area contributed by atoms with E-state index in [1.807, 2.05) is 0 Å². The highest BCUT2D eigenvalue weighted by Gasteiger charge is 2.46. The van der Waals surface area contributed by atoms with Crippen LogP contribution in [0.4, 0.5) is 0 Å². The summed E-state index contributed by atoms with van der Waals surface area (Å²) in [6.45, 7) is 2.04. The Bertz CT molecular complexity index is 339. The van der Waals surface area contributed by atoms with Crippen molar-refractivity contribution in [2.45, 2.75) is 11.9 Å². The number of hydrogen-bond donors (Lipinski definition) is 1. The Kier molecular flexibility index (Phi) is 3.95. The molecule has 1 saturated heterocycles. The van der Waals surface area contributed by atoms with Crippen molar-refractivity contribution in [1.82, 2.24) is 20.3 Å². The van der Waals surface area contributed by atoms with Crippen LogP contribution in [-0.4, -0.2) is 55.0 Å². The standard InChI is InChI=1S/C10H16N4O3/c1-15-10(16-2,8-5-11-3-4-17-8)9-13-6-12-7-14-9/h6-8,11H,3-5H2,1-2H3. The summed E-state index contributed by atoms with van der Waals surface area (Å²) in [7, 11) is 3.09. The van der Waals surface area contributed by atoms with Crippen LogP contribution in [0.15, 0.2) is 12.7 Å². The van der Waals surface area contributed by atoms with Gasteiger partial charge in [0.2, 0.25) is 0 Å². The fourth-order valence-corrected chi connectivity index (χ4v) is 1.90. The molecule has 1 aliphatic rings. The van der Waals surface area contributed by atoms with Gasteiger partial charge in [0.1, 0.15) is 18.8 Å². The van der Waals surface area contributed by atoms with Gasteiger partial charge in [-0.1, -0.05) is 0 Å². The maximum absolute atomic E-state index is 5.67. The zero-order chi connectivity index (χ0) is 12.1. The molecule has 1 unspecified atom stereocenters. The first-order chi connectivity index (χ1) is 8.33. The van der Waals surface area contributed by atoms with Crippen molar-refractivity contribution in [1.29, 1.82) is 0 Å². The molecule has 1 aliphatic heterocycles. The minimum absolute atomic E-state index is 0.298. The maximum atomic E-state index is 5.67. The van der Waals surface area contributed by atoms with E-state index >= 15 is 0 Å². The van der Waals surface area contributed by atoms with Crippen LogP contribution in [0.5, 0.6) is 0 Å². The van der Waals surface area contributed by atoms with Crippen molar-refractivity contribution in [3.8, 4) is 0 Å². The summed E-state index contributed by atoms with van der Waals surface area (Å²) >= 11 is 0. The molecule has 0 spiro atoms. The van der Waals surface area contributed by atoms with Gasteiger partial charge >= 0.3 is 0 Å². The van der Waals surface area contributed by atoms with Gasteiger partial charge in [-0.05, 0) is 0 Å². The minimum atomic E-state index is -1.10. The Morgan fingerprint density at radius 3 is 2.59 bits per heavy atom. The molecule has 1 fully saturated rings. The van der Waals surface area contributed by atoms with Crippen molar-refractivity contribution < 1.29 is 14.2 Å². The third-order valence-electron chi connectivity index (χ3n) is 2.76. The number of nitrogens with zero attached hydrogens (tertiary/aromatic N) is 3. The summed E-state index contributed by atoms with van der Waals surface area (Å²) in [5, 5.41) is 3.22. The van der Waals surface area contributed by atoms with Crippen LogP contribution >= 0.6 is 0 Å². The zero-order valence-corrected chi connectivity index (χ0v) is 9.92. The van der Waals surface area contributed by atoms with Crippen molar-refractivity contribution in [3.63, 3.8) is 0 Å². The molecule has 2 heterocycles. The zero-order valence-electron chi connectivity index (χ0n) is 9.92. The molecule has 0 radical (unpaired) electrons. The van der Waals surface area contributed by atoms with E-state index in [9.17, 15) is 0 Å². The van der Waals surface area contributed by atoms with Gasteiger partial charge in [0.05, 0.1) is 6.61 Å². The second-order valence-electron chi connectivity index (χ2n) is 3.60. The maximum Gasteiger partial charge on any atom is 0.258 e. The molecule has 7 heteroatoms. The molecule has 94 valence electrons. The van der Waals surface area contributed by atoms with E-state index in [0.29, 0.717) is 19.0 Å². The Hall–Kier alpha value is -1.15. The van der Waals surface area contributed by atoms with Gasteiger partial charge in [-0.3, -0.25) is 0 Å². The lowest BCUT2D eigenvalue weighted by Gasteiger charge is -2.38. The lowest BCUT2D eigenvalue weighted by molar-refractivity contribution is -0.286. The lowest BCUT2D eigenvalue weighted by Crippen LogP contribution is -2.54. The SMILES string of the molecule is COC(OC)(c1ncncn1)C1CNCCO1. The third-order valence-corrected chi connectivity index (χ3v) is 2.76. The molecule has 0 saturated carbocycles. The van der Waals surface area contributed by atoms with E-state index in [4.69, 9.17) is 14.2 Å². The van der Waals surface area contributed by atoms with Gasteiger partial charge in [-0.15, -0.1) is 0 Å². The Morgan fingerprint density at radius 2 is 2.06 bits per heavy atom. The van der Waals surface area contributed by atoms with Crippen LogP contribution in [0.1, 0.15) is 5.82 Å². The van der Waals surface area contributed by atoms with Crippen molar-refractivity contribution in [2.75, 3.05) is 33.9 Å². The van der Waals surface area contributed by atoms with Crippen LogP contribution in [0.2, 0.25) is 0 Å². The van der Waals surface area contributed by atoms with E-state index in [1.165, 1.54) is 12.7 Å². The molecular formula is C10H16N4O3. The second kappa shape index (κ2) is 5.46. The molecule has 1 atom stereocenters. The summed E-state index contributed by atoms with van der Waals surface area (Å²) in [6.07, 6.45) is 2.52. The highest BCUT2D eigenvalue weighted by molar-refractivity contribution is 5.01. The minimum Gasteiger partial charge on any atom is -0.369 e. The molecule has 0 aliphatic carbocycles. The summed E-state index contributed by atoms with van der Waals surface area (Å²) in [4.78, 5) is 12.0. The molecule has 0 aromatic carbocycles. The largest absolute Gasteiger partial charge is 0.369 e. The summed E-state index contributed by atoms with van der Waals surface area (Å²) in [5.74, 6) is -0.692. The highest BCUT2D eigenvalue weighted by Crippen LogP contribution is 2.29. The summed E-state index contributed by atoms with van der Waals surface area (Å²) < 4.78 is 16.6. The number of ether oxygens (including phenoxy) is 3. The molecular weight excluding hydrogens is 224 g/mol. The first kappa shape index (κ1) is 12.3. The van der Waals surface area contributed by atoms with Gasteiger partial charge in [-0.25, -0.2) is 15.0 Å². The average Bonchev–Trinajstić information content (AvgIpc) is 2.43. The van der Waals surface area contributed by atoms with Crippen LogP contribution in [0, 0.1) is 0 Å². The van der Waals surface area contributed by atoms with E-state index in [1.54, 1.807) is 14.2 Å². The number of methoxy groups -OCH3 is 2. The van der Waals surface area contributed by atoms with Crippen molar-refractivity contribution in [2.24, 2.45) is 0 Å². The monoisotopic (exact) mass is 240 g/mol. The van der Waals surface area contributed by atoms with Gasteiger partial charge in [0, 0.05) is 27.3 Å². The number of rotatable bonds is 4. The predicted molar refractivity (Wildman–Crippen MR) is 58.1 cm³/mol. The molecule has 7 nitrogen and oxygen atoms in total.